The van der Waals surface area contributed by atoms with E-state index in [0.29, 0.717) is 48.6 Å². The highest BCUT2D eigenvalue weighted by Crippen LogP contribution is 2.41. The molecule has 32 heavy (non-hydrogen) atoms. The quantitative estimate of drug-likeness (QED) is 0.555. The minimum absolute atomic E-state index is 0.0333. The summed E-state index contributed by atoms with van der Waals surface area (Å²) in [6.45, 7) is 4.09. The Kier molecular flexibility index (Phi) is 7.32. The molecular formula is C22H32F3N5O2. The molecule has 1 amide bonds. The standard InChI is InChI=1S/C22H32F3N5O2/c1-12(26)9-17-29-20-18(13(2)30(17)3)19(32-4)16(11-27-20)21(31)28-10-14-5-7-15(8-6-14)22(23,24)25/h11,13-15,17,26H,5-10H2,1-4H3,(H,27,29)(H,28,31). The average molecular weight is 456 g/mol. The van der Waals surface area contributed by atoms with Crippen LogP contribution in [0.15, 0.2) is 6.20 Å². The fourth-order valence-electron chi connectivity index (χ4n) is 4.64. The Bertz CT molecular complexity index is 853. The molecule has 178 valence electrons. The van der Waals surface area contributed by atoms with Crippen molar-refractivity contribution < 1.29 is 22.7 Å². The molecule has 2 heterocycles. The van der Waals surface area contributed by atoms with Crippen molar-refractivity contribution in [1.82, 2.24) is 15.2 Å². The first-order valence-corrected chi connectivity index (χ1v) is 11.0. The number of halogens is 3. The summed E-state index contributed by atoms with van der Waals surface area (Å²) in [7, 11) is 3.45. The Morgan fingerprint density at radius 2 is 2.00 bits per heavy atom. The number of alkyl halides is 3. The third-order valence-electron chi connectivity index (χ3n) is 6.70. The maximum absolute atomic E-state index is 12.9. The maximum atomic E-state index is 12.9. The number of rotatable bonds is 6. The minimum Gasteiger partial charge on any atom is -0.495 e. The summed E-state index contributed by atoms with van der Waals surface area (Å²) in [4.78, 5) is 19.4. The summed E-state index contributed by atoms with van der Waals surface area (Å²) >= 11 is 0. The van der Waals surface area contributed by atoms with Gasteiger partial charge in [-0.15, -0.1) is 0 Å². The molecule has 1 fully saturated rings. The number of pyridine rings is 1. The van der Waals surface area contributed by atoms with Crippen LogP contribution in [-0.4, -0.2) is 54.5 Å². The maximum Gasteiger partial charge on any atom is 0.391 e. The molecule has 2 unspecified atom stereocenters. The molecule has 1 aromatic heterocycles. The molecule has 0 spiro atoms. The monoisotopic (exact) mass is 455 g/mol. The van der Waals surface area contributed by atoms with Gasteiger partial charge in [0, 0.05) is 30.9 Å². The summed E-state index contributed by atoms with van der Waals surface area (Å²) in [6, 6.07) is -0.0940. The van der Waals surface area contributed by atoms with Crippen LogP contribution in [-0.2, 0) is 0 Å². The van der Waals surface area contributed by atoms with Gasteiger partial charge in [-0.2, -0.15) is 13.2 Å². The molecule has 3 N–H and O–H groups in total. The smallest absolute Gasteiger partial charge is 0.391 e. The molecule has 2 aliphatic rings. The molecule has 1 aliphatic carbocycles. The molecule has 1 saturated carbocycles. The van der Waals surface area contributed by atoms with Crippen LogP contribution < -0.4 is 15.4 Å². The number of methoxy groups -OCH3 is 1. The van der Waals surface area contributed by atoms with E-state index in [2.05, 4.69) is 20.5 Å². The summed E-state index contributed by atoms with van der Waals surface area (Å²) in [5, 5.41) is 14.0. The molecule has 0 aromatic carbocycles. The highest BCUT2D eigenvalue weighted by molar-refractivity contribution is 5.97. The summed E-state index contributed by atoms with van der Waals surface area (Å²) < 4.78 is 44.2. The molecule has 1 aromatic rings. The van der Waals surface area contributed by atoms with Gasteiger partial charge in [-0.25, -0.2) is 4.98 Å². The van der Waals surface area contributed by atoms with Crippen molar-refractivity contribution in [3.8, 4) is 5.75 Å². The first-order valence-electron chi connectivity index (χ1n) is 11.0. The van der Waals surface area contributed by atoms with Gasteiger partial charge in [0.15, 0.2) is 0 Å². The number of fused-ring (bicyclic) bond motifs is 1. The van der Waals surface area contributed by atoms with Crippen LogP contribution in [0.1, 0.15) is 67.9 Å². The van der Waals surface area contributed by atoms with Crippen molar-refractivity contribution in [2.45, 2.75) is 64.3 Å². The van der Waals surface area contributed by atoms with Crippen molar-refractivity contribution >= 4 is 17.4 Å². The molecular weight excluding hydrogens is 423 g/mol. The molecule has 7 nitrogen and oxygen atoms in total. The fourth-order valence-corrected chi connectivity index (χ4v) is 4.64. The van der Waals surface area contributed by atoms with E-state index < -0.39 is 12.1 Å². The number of carbonyl (C=O) groups is 1. The highest BCUT2D eigenvalue weighted by atomic mass is 19.4. The van der Waals surface area contributed by atoms with Crippen molar-refractivity contribution in [2.75, 3.05) is 26.0 Å². The fraction of sp³-hybridized carbons (Fsp3) is 0.682. The van der Waals surface area contributed by atoms with E-state index in [-0.39, 0.29) is 36.9 Å². The van der Waals surface area contributed by atoms with Gasteiger partial charge in [0.1, 0.15) is 17.1 Å². The lowest BCUT2D eigenvalue weighted by Gasteiger charge is -2.40. The van der Waals surface area contributed by atoms with Gasteiger partial charge in [0.05, 0.1) is 24.8 Å². The summed E-state index contributed by atoms with van der Waals surface area (Å²) in [6.07, 6.45) is -1.09. The predicted molar refractivity (Wildman–Crippen MR) is 116 cm³/mol. The molecule has 10 heteroatoms. The number of amides is 1. The van der Waals surface area contributed by atoms with Crippen LogP contribution in [0, 0.1) is 17.2 Å². The van der Waals surface area contributed by atoms with Crippen LogP contribution in [0.4, 0.5) is 19.0 Å². The van der Waals surface area contributed by atoms with Crippen molar-refractivity contribution in [1.29, 1.82) is 5.41 Å². The lowest BCUT2D eigenvalue weighted by atomic mass is 9.81. The first-order chi connectivity index (χ1) is 15.0. The van der Waals surface area contributed by atoms with E-state index >= 15 is 0 Å². The van der Waals surface area contributed by atoms with Gasteiger partial charge in [-0.3, -0.25) is 9.69 Å². The molecule has 3 rings (SSSR count). The van der Waals surface area contributed by atoms with Crippen molar-refractivity contribution in [2.24, 2.45) is 11.8 Å². The third-order valence-corrected chi connectivity index (χ3v) is 6.70. The summed E-state index contributed by atoms with van der Waals surface area (Å²) in [5.74, 6) is -0.482. The zero-order valence-electron chi connectivity index (χ0n) is 19.0. The van der Waals surface area contributed by atoms with Gasteiger partial charge < -0.3 is 20.8 Å². The van der Waals surface area contributed by atoms with Gasteiger partial charge in [-0.1, -0.05) is 0 Å². The largest absolute Gasteiger partial charge is 0.495 e. The van der Waals surface area contributed by atoms with E-state index in [1.165, 1.54) is 13.3 Å². The first kappa shape index (κ1) is 24.3. The Labute approximate surface area is 186 Å². The number of carbonyl (C=O) groups excluding carboxylic acids is 1. The topological polar surface area (TPSA) is 90.3 Å². The van der Waals surface area contributed by atoms with Crippen LogP contribution in [0.2, 0.25) is 0 Å². The lowest BCUT2D eigenvalue weighted by Crippen LogP contribution is -2.45. The van der Waals surface area contributed by atoms with E-state index in [4.69, 9.17) is 10.1 Å². The Balaban J connectivity index is 1.70. The number of anilines is 1. The molecule has 0 bridgehead atoms. The number of hydrogen-bond acceptors (Lipinski definition) is 6. The second kappa shape index (κ2) is 9.64. The van der Waals surface area contributed by atoms with Gasteiger partial charge in [0.25, 0.3) is 5.91 Å². The normalized spacial score (nSPS) is 26.1. The number of aromatic nitrogens is 1. The molecule has 2 atom stereocenters. The van der Waals surface area contributed by atoms with Crippen molar-refractivity contribution in [3.05, 3.63) is 17.3 Å². The van der Waals surface area contributed by atoms with Gasteiger partial charge in [-0.05, 0) is 52.5 Å². The van der Waals surface area contributed by atoms with Crippen LogP contribution in [0.3, 0.4) is 0 Å². The second-order valence-electron chi connectivity index (χ2n) is 8.92. The molecule has 1 aliphatic heterocycles. The average Bonchev–Trinajstić information content (AvgIpc) is 2.74. The van der Waals surface area contributed by atoms with Crippen LogP contribution in [0.25, 0.3) is 0 Å². The van der Waals surface area contributed by atoms with E-state index in [1.54, 1.807) is 6.92 Å². The SMILES string of the molecule is COc1c(C(=O)NCC2CCC(C(F)(F)F)CC2)cnc2c1C(C)N(C)C(CC(C)=N)N2. The zero-order valence-corrected chi connectivity index (χ0v) is 19.0. The number of hydrogen-bond donors (Lipinski definition) is 3. The van der Waals surface area contributed by atoms with E-state index in [9.17, 15) is 18.0 Å². The predicted octanol–water partition coefficient (Wildman–Crippen LogP) is 4.36. The highest BCUT2D eigenvalue weighted by Gasteiger charge is 2.41. The molecule has 0 radical (unpaired) electrons. The van der Waals surface area contributed by atoms with E-state index in [0.717, 1.165) is 5.56 Å². The lowest BCUT2D eigenvalue weighted by molar-refractivity contribution is -0.183. The second-order valence-corrected chi connectivity index (χ2v) is 8.92. The van der Waals surface area contributed by atoms with Crippen molar-refractivity contribution in [3.63, 3.8) is 0 Å². The number of ether oxygens (including phenoxy) is 1. The number of nitrogens with zero attached hydrogens (tertiary/aromatic N) is 2. The van der Waals surface area contributed by atoms with Gasteiger partial charge in [0.2, 0.25) is 0 Å². The minimum atomic E-state index is -4.13. The Hall–Kier alpha value is -2.36. The molecule has 0 saturated heterocycles. The van der Waals surface area contributed by atoms with Crippen LogP contribution in [0.5, 0.6) is 5.75 Å². The van der Waals surface area contributed by atoms with E-state index in [1.807, 2.05) is 14.0 Å². The van der Waals surface area contributed by atoms with Crippen LogP contribution >= 0.6 is 0 Å². The third kappa shape index (κ3) is 5.16. The van der Waals surface area contributed by atoms with Gasteiger partial charge >= 0.3 is 6.18 Å². The summed E-state index contributed by atoms with van der Waals surface area (Å²) in [5.41, 5.74) is 1.63. The zero-order chi connectivity index (χ0) is 23.6. The number of nitrogens with one attached hydrogen (secondary N) is 3. The Morgan fingerprint density at radius 1 is 1.34 bits per heavy atom. The Morgan fingerprint density at radius 3 is 2.56 bits per heavy atom.